The van der Waals surface area contributed by atoms with Gasteiger partial charge >= 0.3 is 0 Å². The van der Waals surface area contributed by atoms with Crippen LogP contribution in [0.1, 0.15) is 40.5 Å². The summed E-state index contributed by atoms with van der Waals surface area (Å²) >= 11 is 0. The lowest BCUT2D eigenvalue weighted by Crippen LogP contribution is -2.56. The van der Waals surface area contributed by atoms with Crippen molar-refractivity contribution >= 4 is 14.0 Å². The van der Waals surface area contributed by atoms with Crippen LogP contribution in [0.2, 0.25) is 18.1 Å². The van der Waals surface area contributed by atoms with Gasteiger partial charge in [0.25, 0.3) is 0 Å². The third-order valence-corrected chi connectivity index (χ3v) is 9.63. The average Bonchev–Trinajstić information content (AvgIpc) is 2.39. The summed E-state index contributed by atoms with van der Waals surface area (Å²) in [5.74, 6) is 0.114. The maximum Gasteiger partial charge on any atom is 0.192 e. The zero-order valence-corrected chi connectivity index (χ0v) is 16.3. The van der Waals surface area contributed by atoms with Crippen molar-refractivity contribution in [3.05, 3.63) is 0 Å². The van der Waals surface area contributed by atoms with Gasteiger partial charge in [-0.2, -0.15) is 0 Å². The van der Waals surface area contributed by atoms with Crippen LogP contribution in [0.25, 0.3) is 0 Å². The monoisotopic (exact) mass is 331 g/mol. The molecule has 0 bridgehead atoms. The van der Waals surface area contributed by atoms with Crippen molar-refractivity contribution in [3.8, 4) is 0 Å². The van der Waals surface area contributed by atoms with Gasteiger partial charge < -0.3 is 19.1 Å². The van der Waals surface area contributed by atoms with Crippen molar-refractivity contribution < 1.29 is 19.1 Å². The van der Waals surface area contributed by atoms with Crippen LogP contribution in [0, 0.1) is 5.92 Å². The highest BCUT2D eigenvalue weighted by atomic mass is 28.4. The number of methoxy groups -OCH3 is 1. The van der Waals surface area contributed by atoms with Crippen LogP contribution >= 0.6 is 0 Å². The quantitative estimate of drug-likeness (QED) is 0.477. The molecule has 0 radical (unpaired) electrons. The van der Waals surface area contributed by atoms with E-state index in [0.29, 0.717) is 6.42 Å². The molecule has 0 spiro atoms. The summed E-state index contributed by atoms with van der Waals surface area (Å²) in [6.07, 6.45) is 0.518. The van der Waals surface area contributed by atoms with Gasteiger partial charge in [0.15, 0.2) is 8.32 Å². The van der Waals surface area contributed by atoms with Gasteiger partial charge in [-0.05, 0) is 37.9 Å². The molecule has 1 rings (SSSR count). The van der Waals surface area contributed by atoms with Crippen LogP contribution in [0.4, 0.5) is 0 Å². The van der Waals surface area contributed by atoms with Crippen molar-refractivity contribution in [3.63, 3.8) is 0 Å². The third kappa shape index (κ3) is 4.31. The second-order valence-electron chi connectivity index (χ2n) is 7.71. The summed E-state index contributed by atoms with van der Waals surface area (Å²) in [4.78, 5) is 4.90. The third-order valence-electron chi connectivity index (χ3n) is 5.15. The van der Waals surface area contributed by atoms with E-state index in [9.17, 15) is 5.11 Å². The van der Waals surface area contributed by atoms with Crippen LogP contribution in [0.3, 0.4) is 0 Å². The Bertz CT molecular complexity index is 392. The molecule has 0 heterocycles. The van der Waals surface area contributed by atoms with Crippen LogP contribution in [0.5, 0.6) is 0 Å². The number of nitrogens with zero attached hydrogens (tertiary/aromatic N) is 1. The second kappa shape index (κ2) is 7.42. The van der Waals surface area contributed by atoms with Crippen molar-refractivity contribution in [2.24, 2.45) is 11.1 Å². The minimum atomic E-state index is -1.99. The molecule has 130 valence electrons. The molecule has 0 unspecified atom stereocenters. The fourth-order valence-corrected chi connectivity index (χ4v) is 4.07. The standard InChI is InChI=1S/C16H33NO4Si/c1-11(17-20-6)12-9-10-13(18)15(14(12)19-5)21-22(7,8)16(2,3)4/h12-15,18H,9-10H2,1-8H3/b17-11-/t12-,13+,14-,15-/m1/s1. The Morgan fingerprint density at radius 2 is 1.73 bits per heavy atom. The van der Waals surface area contributed by atoms with Gasteiger partial charge in [-0.3, -0.25) is 0 Å². The maximum atomic E-state index is 10.5. The van der Waals surface area contributed by atoms with Gasteiger partial charge in [0, 0.05) is 13.0 Å². The van der Waals surface area contributed by atoms with E-state index >= 15 is 0 Å². The smallest absolute Gasteiger partial charge is 0.192 e. The van der Waals surface area contributed by atoms with E-state index < -0.39 is 14.4 Å². The number of oxime groups is 1. The molecule has 22 heavy (non-hydrogen) atoms. The minimum Gasteiger partial charge on any atom is -0.409 e. The largest absolute Gasteiger partial charge is 0.409 e. The molecule has 1 aliphatic rings. The van der Waals surface area contributed by atoms with E-state index in [0.717, 1.165) is 12.1 Å². The highest BCUT2D eigenvalue weighted by Crippen LogP contribution is 2.40. The number of aliphatic hydroxyl groups is 1. The number of ether oxygens (including phenoxy) is 1. The zero-order valence-electron chi connectivity index (χ0n) is 15.3. The first-order valence-electron chi connectivity index (χ1n) is 8.01. The lowest BCUT2D eigenvalue weighted by molar-refractivity contribution is -0.106. The maximum absolute atomic E-state index is 10.5. The minimum absolute atomic E-state index is 0.0909. The van der Waals surface area contributed by atoms with Crippen LogP contribution < -0.4 is 0 Å². The molecule has 1 aliphatic carbocycles. The van der Waals surface area contributed by atoms with Crippen molar-refractivity contribution in [1.29, 1.82) is 0 Å². The zero-order chi connectivity index (χ0) is 17.1. The molecular formula is C16H33NO4Si. The fourth-order valence-electron chi connectivity index (χ4n) is 2.75. The molecule has 5 nitrogen and oxygen atoms in total. The van der Waals surface area contributed by atoms with Gasteiger partial charge in [-0.1, -0.05) is 25.9 Å². The number of hydrogen-bond donors (Lipinski definition) is 1. The lowest BCUT2D eigenvalue weighted by Gasteiger charge is -2.46. The Morgan fingerprint density at radius 3 is 2.18 bits per heavy atom. The van der Waals surface area contributed by atoms with Gasteiger partial charge in [0.1, 0.15) is 7.11 Å². The predicted molar refractivity (Wildman–Crippen MR) is 91.7 cm³/mol. The molecule has 0 aromatic rings. The molecule has 0 aromatic carbocycles. The molecule has 0 amide bonds. The van der Waals surface area contributed by atoms with E-state index in [1.54, 1.807) is 14.2 Å². The van der Waals surface area contributed by atoms with Gasteiger partial charge in [0.05, 0.1) is 24.0 Å². The van der Waals surface area contributed by atoms with Gasteiger partial charge in [0.2, 0.25) is 0 Å². The lowest BCUT2D eigenvalue weighted by atomic mass is 9.80. The average molecular weight is 332 g/mol. The van der Waals surface area contributed by atoms with Crippen molar-refractivity contribution in [2.45, 2.75) is 77.0 Å². The van der Waals surface area contributed by atoms with Crippen molar-refractivity contribution in [2.75, 3.05) is 14.2 Å². The number of rotatable bonds is 5. The fraction of sp³-hybridized carbons (Fsp3) is 0.938. The van der Waals surface area contributed by atoms with Crippen LogP contribution in [-0.4, -0.2) is 51.7 Å². The Balaban J connectivity index is 3.02. The van der Waals surface area contributed by atoms with Crippen molar-refractivity contribution in [1.82, 2.24) is 0 Å². The van der Waals surface area contributed by atoms with Gasteiger partial charge in [-0.15, -0.1) is 0 Å². The molecule has 1 fully saturated rings. The van der Waals surface area contributed by atoms with E-state index in [4.69, 9.17) is 14.0 Å². The summed E-state index contributed by atoms with van der Waals surface area (Å²) in [6.45, 7) is 12.9. The Hall–Kier alpha value is -0.433. The summed E-state index contributed by atoms with van der Waals surface area (Å²) in [5, 5.41) is 14.6. The molecule has 0 aliphatic heterocycles. The number of hydrogen-bond acceptors (Lipinski definition) is 5. The first-order valence-corrected chi connectivity index (χ1v) is 10.9. The Morgan fingerprint density at radius 1 is 1.14 bits per heavy atom. The molecule has 0 aromatic heterocycles. The summed E-state index contributed by atoms with van der Waals surface area (Å²) in [7, 11) is 1.24. The molecule has 1 N–H and O–H groups in total. The summed E-state index contributed by atoms with van der Waals surface area (Å²) < 4.78 is 12.2. The summed E-state index contributed by atoms with van der Waals surface area (Å²) in [6, 6.07) is 0. The molecule has 6 heteroatoms. The normalized spacial score (nSPS) is 31.2. The van der Waals surface area contributed by atoms with E-state index in [-0.39, 0.29) is 23.2 Å². The molecule has 1 saturated carbocycles. The summed E-state index contributed by atoms with van der Waals surface area (Å²) in [5.41, 5.74) is 0.894. The first-order chi connectivity index (χ1) is 10.0. The highest BCUT2D eigenvalue weighted by Gasteiger charge is 2.47. The van der Waals surface area contributed by atoms with Crippen LogP contribution in [-0.2, 0) is 14.0 Å². The Labute approximate surface area is 136 Å². The SMILES string of the molecule is CO/N=C(/C)[C@H]1CC[C@H](O)[C@@H](O[Si](C)(C)C(C)(C)C)[C@@H]1OC. The molecule has 4 atom stereocenters. The molecular weight excluding hydrogens is 298 g/mol. The number of aliphatic hydroxyl groups excluding tert-OH is 1. The van der Waals surface area contributed by atoms with Crippen LogP contribution in [0.15, 0.2) is 5.16 Å². The second-order valence-corrected chi connectivity index (χ2v) is 12.5. The van der Waals surface area contributed by atoms with E-state index in [2.05, 4.69) is 39.0 Å². The topological polar surface area (TPSA) is 60.3 Å². The predicted octanol–water partition coefficient (Wildman–Crippen LogP) is 3.19. The highest BCUT2D eigenvalue weighted by molar-refractivity contribution is 6.74. The van der Waals surface area contributed by atoms with Gasteiger partial charge in [-0.25, -0.2) is 0 Å². The Kier molecular flexibility index (Phi) is 6.62. The van der Waals surface area contributed by atoms with E-state index in [1.165, 1.54) is 0 Å². The first kappa shape index (κ1) is 19.6. The molecule has 0 saturated heterocycles. The van der Waals surface area contributed by atoms with E-state index in [1.807, 2.05) is 6.92 Å².